The Kier molecular flexibility index (Phi) is 3.67. The van der Waals surface area contributed by atoms with E-state index in [1.807, 2.05) is 59.3 Å². The first-order valence-corrected chi connectivity index (χ1v) is 8.01. The zero-order valence-corrected chi connectivity index (χ0v) is 13.8. The molecule has 0 aliphatic heterocycles. The molecule has 0 saturated heterocycles. The minimum Gasteiger partial charge on any atom is -0.339 e. The maximum absolute atomic E-state index is 6.19. The van der Waals surface area contributed by atoms with Gasteiger partial charge in [0.25, 0.3) is 0 Å². The summed E-state index contributed by atoms with van der Waals surface area (Å²) in [6.07, 6.45) is 5.43. The Morgan fingerprint density at radius 3 is 2.71 bits per heavy atom. The Bertz CT molecular complexity index is 1010. The van der Waals surface area contributed by atoms with Gasteiger partial charge in [0, 0.05) is 29.8 Å². The highest BCUT2D eigenvalue weighted by molar-refractivity contribution is 6.30. The molecule has 0 spiro atoms. The Labute approximate surface area is 144 Å². The van der Waals surface area contributed by atoms with Crippen LogP contribution in [0.1, 0.15) is 5.56 Å². The normalized spacial score (nSPS) is 10.9. The molecule has 0 saturated carbocycles. The molecule has 0 amide bonds. The molecule has 118 valence electrons. The number of benzene rings is 1. The standard InChI is InChI=1S/C19H15ClN4/c1-13-5-2-3-7-16(13)22-19-18(14-6-4-10-21-11-14)23-17-9-8-15(20)12-24(17)19/h2-12,22H,1H3. The van der Waals surface area contributed by atoms with Crippen LogP contribution in [0, 0.1) is 6.92 Å². The van der Waals surface area contributed by atoms with E-state index in [-0.39, 0.29) is 0 Å². The number of rotatable bonds is 3. The van der Waals surface area contributed by atoms with Crippen molar-refractivity contribution in [2.45, 2.75) is 6.92 Å². The van der Waals surface area contributed by atoms with E-state index in [1.165, 1.54) is 0 Å². The van der Waals surface area contributed by atoms with Gasteiger partial charge in [0.15, 0.2) is 0 Å². The summed E-state index contributed by atoms with van der Waals surface area (Å²) in [6, 6.07) is 15.8. The van der Waals surface area contributed by atoms with Gasteiger partial charge in [-0.15, -0.1) is 0 Å². The fourth-order valence-electron chi connectivity index (χ4n) is 2.68. The lowest BCUT2D eigenvalue weighted by Crippen LogP contribution is -1.98. The monoisotopic (exact) mass is 334 g/mol. The van der Waals surface area contributed by atoms with Crippen molar-refractivity contribution in [1.82, 2.24) is 14.4 Å². The quantitative estimate of drug-likeness (QED) is 0.566. The molecular weight excluding hydrogens is 320 g/mol. The van der Waals surface area contributed by atoms with Crippen molar-refractivity contribution < 1.29 is 0 Å². The minimum absolute atomic E-state index is 0.658. The molecule has 0 atom stereocenters. The van der Waals surface area contributed by atoms with Gasteiger partial charge in [0.05, 0.1) is 5.02 Å². The molecule has 0 bridgehead atoms. The smallest absolute Gasteiger partial charge is 0.143 e. The lowest BCUT2D eigenvalue weighted by Gasteiger charge is -2.11. The number of hydrogen-bond donors (Lipinski definition) is 1. The van der Waals surface area contributed by atoms with Gasteiger partial charge in [-0.2, -0.15) is 0 Å². The first-order chi connectivity index (χ1) is 11.7. The molecule has 4 aromatic rings. The summed E-state index contributed by atoms with van der Waals surface area (Å²) >= 11 is 6.19. The van der Waals surface area contributed by atoms with Crippen LogP contribution in [0.15, 0.2) is 67.1 Å². The average Bonchev–Trinajstić information content (AvgIpc) is 2.96. The number of aryl methyl sites for hydroxylation is 1. The first-order valence-electron chi connectivity index (χ1n) is 7.63. The highest BCUT2D eigenvalue weighted by Gasteiger charge is 2.15. The second kappa shape index (κ2) is 5.98. The number of imidazole rings is 1. The van der Waals surface area contributed by atoms with Gasteiger partial charge in [-0.05, 0) is 42.8 Å². The van der Waals surface area contributed by atoms with Crippen LogP contribution in [0.4, 0.5) is 11.5 Å². The van der Waals surface area contributed by atoms with Crippen molar-refractivity contribution in [3.63, 3.8) is 0 Å². The molecule has 24 heavy (non-hydrogen) atoms. The van der Waals surface area contributed by atoms with E-state index in [2.05, 4.69) is 23.3 Å². The number of para-hydroxylation sites is 1. The lowest BCUT2D eigenvalue weighted by molar-refractivity contribution is 1.18. The van der Waals surface area contributed by atoms with Gasteiger partial charge in [0.2, 0.25) is 0 Å². The van der Waals surface area contributed by atoms with Crippen molar-refractivity contribution in [3.8, 4) is 11.3 Å². The van der Waals surface area contributed by atoms with Gasteiger partial charge in [-0.3, -0.25) is 9.38 Å². The van der Waals surface area contributed by atoms with Gasteiger partial charge in [-0.1, -0.05) is 29.8 Å². The number of hydrogen-bond acceptors (Lipinski definition) is 3. The van der Waals surface area contributed by atoms with Crippen LogP contribution in [0.25, 0.3) is 16.9 Å². The average molecular weight is 335 g/mol. The van der Waals surface area contributed by atoms with Crippen molar-refractivity contribution in [2.75, 3.05) is 5.32 Å². The molecule has 3 aromatic heterocycles. The summed E-state index contributed by atoms with van der Waals surface area (Å²) in [7, 11) is 0. The zero-order chi connectivity index (χ0) is 16.5. The predicted octanol–water partition coefficient (Wildman–Crippen LogP) is 5.10. The summed E-state index contributed by atoms with van der Waals surface area (Å²) in [6.45, 7) is 2.07. The Balaban J connectivity index is 1.94. The van der Waals surface area contributed by atoms with E-state index in [4.69, 9.17) is 16.6 Å². The molecule has 1 aromatic carbocycles. The molecule has 0 fully saturated rings. The van der Waals surface area contributed by atoms with Crippen molar-refractivity contribution in [1.29, 1.82) is 0 Å². The Morgan fingerprint density at radius 1 is 1.04 bits per heavy atom. The van der Waals surface area contributed by atoms with E-state index < -0.39 is 0 Å². The third-order valence-electron chi connectivity index (χ3n) is 3.92. The van der Waals surface area contributed by atoms with Gasteiger partial charge >= 0.3 is 0 Å². The predicted molar refractivity (Wildman–Crippen MR) is 97.9 cm³/mol. The summed E-state index contributed by atoms with van der Waals surface area (Å²) in [5, 5.41) is 4.16. The SMILES string of the molecule is Cc1ccccc1Nc1c(-c2cccnc2)nc2ccc(Cl)cn12. The molecule has 0 radical (unpaired) electrons. The highest BCUT2D eigenvalue weighted by atomic mass is 35.5. The summed E-state index contributed by atoms with van der Waals surface area (Å²) in [5.41, 5.74) is 4.81. The summed E-state index contributed by atoms with van der Waals surface area (Å²) in [5.74, 6) is 0.870. The van der Waals surface area contributed by atoms with E-state index in [1.54, 1.807) is 6.20 Å². The van der Waals surface area contributed by atoms with Crippen molar-refractivity contribution in [3.05, 3.63) is 77.7 Å². The van der Waals surface area contributed by atoms with Gasteiger partial charge in [0.1, 0.15) is 17.2 Å². The summed E-state index contributed by atoms with van der Waals surface area (Å²) < 4.78 is 1.97. The molecular formula is C19H15ClN4. The molecule has 4 nitrogen and oxygen atoms in total. The number of nitrogens with one attached hydrogen (secondary N) is 1. The van der Waals surface area contributed by atoms with Crippen LogP contribution in [0.2, 0.25) is 5.02 Å². The Hall–Kier alpha value is -2.85. The van der Waals surface area contributed by atoms with Crippen LogP contribution in [-0.2, 0) is 0 Å². The van der Waals surface area contributed by atoms with E-state index in [9.17, 15) is 0 Å². The number of aromatic nitrogens is 3. The van der Waals surface area contributed by atoms with Crippen LogP contribution < -0.4 is 5.32 Å². The molecule has 5 heteroatoms. The van der Waals surface area contributed by atoms with E-state index >= 15 is 0 Å². The van der Waals surface area contributed by atoms with Crippen LogP contribution in [0.3, 0.4) is 0 Å². The number of anilines is 2. The van der Waals surface area contributed by atoms with Crippen LogP contribution in [-0.4, -0.2) is 14.4 Å². The van der Waals surface area contributed by atoms with Crippen LogP contribution in [0.5, 0.6) is 0 Å². The molecule has 4 rings (SSSR count). The largest absolute Gasteiger partial charge is 0.339 e. The van der Waals surface area contributed by atoms with Crippen LogP contribution >= 0.6 is 11.6 Å². The molecule has 1 N–H and O–H groups in total. The second-order valence-corrected chi connectivity index (χ2v) is 6.00. The lowest BCUT2D eigenvalue weighted by atomic mass is 10.2. The zero-order valence-electron chi connectivity index (χ0n) is 13.1. The maximum atomic E-state index is 6.19. The minimum atomic E-state index is 0.658. The number of pyridine rings is 2. The highest BCUT2D eigenvalue weighted by Crippen LogP contribution is 2.32. The second-order valence-electron chi connectivity index (χ2n) is 5.57. The Morgan fingerprint density at radius 2 is 1.92 bits per heavy atom. The van der Waals surface area contributed by atoms with Crippen molar-refractivity contribution in [2.24, 2.45) is 0 Å². The number of halogens is 1. The van der Waals surface area contributed by atoms with E-state index in [0.717, 1.165) is 34.0 Å². The summed E-state index contributed by atoms with van der Waals surface area (Å²) in [4.78, 5) is 8.96. The molecule has 0 unspecified atom stereocenters. The fraction of sp³-hybridized carbons (Fsp3) is 0.0526. The molecule has 0 aliphatic carbocycles. The number of fused-ring (bicyclic) bond motifs is 1. The number of nitrogens with zero attached hydrogens (tertiary/aromatic N) is 3. The third kappa shape index (κ3) is 2.61. The maximum Gasteiger partial charge on any atom is 0.143 e. The van der Waals surface area contributed by atoms with Crippen molar-refractivity contribution >= 4 is 28.8 Å². The molecule has 3 heterocycles. The molecule has 0 aliphatic rings. The first kappa shape index (κ1) is 14.7. The fourth-order valence-corrected chi connectivity index (χ4v) is 2.84. The van der Waals surface area contributed by atoms with Gasteiger partial charge in [-0.25, -0.2) is 4.98 Å². The third-order valence-corrected chi connectivity index (χ3v) is 4.14. The van der Waals surface area contributed by atoms with Gasteiger partial charge < -0.3 is 5.32 Å². The van der Waals surface area contributed by atoms with E-state index in [0.29, 0.717) is 5.02 Å². The topological polar surface area (TPSA) is 42.2 Å².